The van der Waals surface area contributed by atoms with Crippen molar-refractivity contribution in [3.63, 3.8) is 0 Å². The van der Waals surface area contributed by atoms with Gasteiger partial charge in [-0.25, -0.2) is 15.0 Å². The minimum Gasteiger partial charge on any atom is -0.324 e. The zero-order valence-electron chi connectivity index (χ0n) is 16.5. The van der Waals surface area contributed by atoms with Gasteiger partial charge in [-0.3, -0.25) is 4.40 Å². The number of hydrogen-bond donors (Lipinski definition) is 1. The van der Waals surface area contributed by atoms with E-state index in [1.54, 1.807) is 6.20 Å². The van der Waals surface area contributed by atoms with Crippen LogP contribution in [0.5, 0.6) is 0 Å². The Bertz CT molecular complexity index is 1130. The van der Waals surface area contributed by atoms with Crippen LogP contribution in [0.25, 0.3) is 17.0 Å². The average molecular weight is 384 g/mol. The Kier molecular flexibility index (Phi) is 4.69. The maximum atomic E-state index is 4.77. The summed E-state index contributed by atoms with van der Waals surface area (Å²) in [7, 11) is 0. The summed E-state index contributed by atoms with van der Waals surface area (Å²) < 4.78 is 2.04. The molecule has 0 radical (unpaired) electrons. The fourth-order valence-corrected chi connectivity index (χ4v) is 4.14. The fraction of sp³-hybridized carbons (Fsp3) is 0.261. The SMILES string of the molecule is CCN1CCC(c2ccccc2Nc2nccc(-c3cnc4ccccn34)n2)C1. The summed E-state index contributed by atoms with van der Waals surface area (Å²) in [5.41, 5.74) is 5.13. The molecule has 1 saturated heterocycles. The Morgan fingerprint density at radius 1 is 1.07 bits per heavy atom. The van der Waals surface area contributed by atoms with Gasteiger partial charge in [0, 0.05) is 24.6 Å². The summed E-state index contributed by atoms with van der Waals surface area (Å²) in [6, 6.07) is 16.4. The third-order valence-corrected chi connectivity index (χ3v) is 5.70. The van der Waals surface area contributed by atoms with Gasteiger partial charge in [0.1, 0.15) is 5.65 Å². The van der Waals surface area contributed by atoms with Crippen LogP contribution >= 0.6 is 0 Å². The molecule has 1 unspecified atom stereocenters. The largest absolute Gasteiger partial charge is 0.324 e. The lowest BCUT2D eigenvalue weighted by molar-refractivity contribution is 0.354. The van der Waals surface area contributed by atoms with Crippen molar-refractivity contribution >= 4 is 17.3 Å². The van der Waals surface area contributed by atoms with Gasteiger partial charge in [-0.1, -0.05) is 31.2 Å². The van der Waals surface area contributed by atoms with Crippen molar-refractivity contribution in [2.24, 2.45) is 0 Å². The lowest BCUT2D eigenvalue weighted by Gasteiger charge is -2.17. The van der Waals surface area contributed by atoms with Gasteiger partial charge >= 0.3 is 0 Å². The number of pyridine rings is 1. The molecule has 0 saturated carbocycles. The highest BCUT2D eigenvalue weighted by molar-refractivity contribution is 5.64. The van der Waals surface area contributed by atoms with Crippen molar-refractivity contribution in [2.45, 2.75) is 19.3 Å². The van der Waals surface area contributed by atoms with Crippen molar-refractivity contribution in [3.05, 3.63) is 72.7 Å². The van der Waals surface area contributed by atoms with Crippen molar-refractivity contribution in [1.82, 2.24) is 24.3 Å². The number of hydrogen-bond acceptors (Lipinski definition) is 5. The Morgan fingerprint density at radius 2 is 1.97 bits per heavy atom. The molecule has 6 heteroatoms. The second-order valence-corrected chi connectivity index (χ2v) is 7.43. The summed E-state index contributed by atoms with van der Waals surface area (Å²) in [4.78, 5) is 16.2. The quantitative estimate of drug-likeness (QED) is 0.555. The van der Waals surface area contributed by atoms with E-state index in [9.17, 15) is 0 Å². The third-order valence-electron chi connectivity index (χ3n) is 5.70. The van der Waals surface area contributed by atoms with E-state index in [1.807, 2.05) is 41.1 Å². The predicted molar refractivity (Wildman–Crippen MR) is 115 cm³/mol. The number of para-hydroxylation sites is 1. The fourth-order valence-electron chi connectivity index (χ4n) is 4.14. The van der Waals surface area contributed by atoms with Crippen LogP contribution in [-0.4, -0.2) is 43.9 Å². The number of nitrogens with zero attached hydrogens (tertiary/aromatic N) is 5. The zero-order chi connectivity index (χ0) is 19.6. The van der Waals surface area contributed by atoms with Gasteiger partial charge in [-0.05, 0) is 55.3 Å². The van der Waals surface area contributed by atoms with Gasteiger partial charge in [-0.2, -0.15) is 0 Å². The smallest absolute Gasteiger partial charge is 0.227 e. The van der Waals surface area contributed by atoms with Crippen LogP contribution < -0.4 is 5.32 Å². The molecule has 146 valence electrons. The molecular formula is C23H24N6. The molecule has 1 aromatic carbocycles. The molecule has 1 atom stereocenters. The monoisotopic (exact) mass is 384 g/mol. The first-order valence-corrected chi connectivity index (χ1v) is 10.2. The van der Waals surface area contributed by atoms with Gasteiger partial charge in [0.15, 0.2) is 0 Å². The van der Waals surface area contributed by atoms with Gasteiger partial charge < -0.3 is 10.2 Å². The van der Waals surface area contributed by atoms with E-state index < -0.39 is 0 Å². The number of likely N-dealkylation sites (N-methyl/N-ethyl adjacent to an activating group) is 1. The van der Waals surface area contributed by atoms with Crippen LogP contribution in [0, 0.1) is 0 Å². The molecule has 1 N–H and O–H groups in total. The molecule has 0 spiro atoms. The lowest BCUT2D eigenvalue weighted by Crippen LogP contribution is -2.19. The van der Waals surface area contributed by atoms with Gasteiger partial charge in [0.05, 0.1) is 17.6 Å². The molecule has 6 nitrogen and oxygen atoms in total. The number of likely N-dealkylation sites (tertiary alicyclic amines) is 1. The summed E-state index contributed by atoms with van der Waals surface area (Å²) in [5.74, 6) is 1.15. The predicted octanol–water partition coefficient (Wildman–Crippen LogP) is 4.34. The molecule has 0 aliphatic carbocycles. The molecule has 4 heterocycles. The number of benzene rings is 1. The van der Waals surface area contributed by atoms with E-state index >= 15 is 0 Å². The number of rotatable bonds is 5. The number of anilines is 2. The van der Waals surface area contributed by atoms with Gasteiger partial charge in [-0.15, -0.1) is 0 Å². The molecule has 29 heavy (non-hydrogen) atoms. The first-order chi connectivity index (χ1) is 14.3. The minimum atomic E-state index is 0.542. The topological polar surface area (TPSA) is 58.3 Å². The highest BCUT2D eigenvalue weighted by atomic mass is 15.1. The molecule has 4 aromatic rings. The van der Waals surface area contributed by atoms with Crippen LogP contribution in [0.4, 0.5) is 11.6 Å². The van der Waals surface area contributed by atoms with E-state index in [0.29, 0.717) is 11.9 Å². The lowest BCUT2D eigenvalue weighted by atomic mass is 9.96. The van der Waals surface area contributed by atoms with Crippen LogP contribution in [0.1, 0.15) is 24.8 Å². The zero-order valence-corrected chi connectivity index (χ0v) is 16.5. The second kappa shape index (κ2) is 7.64. The molecule has 0 bridgehead atoms. The Hall–Kier alpha value is -3.25. The molecular weight excluding hydrogens is 360 g/mol. The summed E-state index contributed by atoms with van der Waals surface area (Å²) in [6.07, 6.45) is 6.84. The van der Waals surface area contributed by atoms with Crippen molar-refractivity contribution in [3.8, 4) is 11.4 Å². The highest BCUT2D eigenvalue weighted by Crippen LogP contribution is 2.33. The minimum absolute atomic E-state index is 0.542. The standard InChI is InChI=1S/C23H24N6/c1-2-28-14-11-17(16-28)18-7-3-4-8-19(18)26-23-24-12-10-20(27-23)21-15-25-22-9-5-6-13-29(21)22/h3-10,12-13,15,17H,2,11,14,16H2,1H3,(H,24,26,27). The van der Waals surface area contributed by atoms with Crippen molar-refractivity contribution in [2.75, 3.05) is 25.0 Å². The van der Waals surface area contributed by atoms with E-state index in [2.05, 4.69) is 51.4 Å². The number of fused-ring (bicyclic) bond motifs is 1. The molecule has 3 aromatic heterocycles. The van der Waals surface area contributed by atoms with Crippen LogP contribution in [0.15, 0.2) is 67.1 Å². The Labute approximate surface area is 170 Å². The van der Waals surface area contributed by atoms with Crippen LogP contribution in [-0.2, 0) is 0 Å². The summed E-state index contributed by atoms with van der Waals surface area (Å²) >= 11 is 0. The Morgan fingerprint density at radius 3 is 2.86 bits per heavy atom. The van der Waals surface area contributed by atoms with E-state index in [-0.39, 0.29) is 0 Å². The Balaban J connectivity index is 1.45. The van der Waals surface area contributed by atoms with Crippen LogP contribution in [0.2, 0.25) is 0 Å². The maximum absolute atomic E-state index is 4.77. The molecule has 0 amide bonds. The number of imidazole rings is 1. The summed E-state index contributed by atoms with van der Waals surface area (Å²) in [6.45, 7) is 5.61. The normalized spacial score (nSPS) is 17.1. The van der Waals surface area contributed by atoms with E-state index in [0.717, 1.165) is 42.4 Å². The highest BCUT2D eigenvalue weighted by Gasteiger charge is 2.24. The van der Waals surface area contributed by atoms with Crippen LogP contribution in [0.3, 0.4) is 0 Å². The molecule has 5 rings (SSSR count). The van der Waals surface area contributed by atoms with E-state index in [4.69, 9.17) is 4.98 Å². The molecule has 1 aliphatic rings. The first kappa shape index (κ1) is 17.8. The first-order valence-electron chi connectivity index (χ1n) is 10.2. The maximum Gasteiger partial charge on any atom is 0.227 e. The third kappa shape index (κ3) is 3.47. The van der Waals surface area contributed by atoms with Gasteiger partial charge in [0.2, 0.25) is 5.95 Å². The van der Waals surface area contributed by atoms with Gasteiger partial charge in [0.25, 0.3) is 0 Å². The number of aromatic nitrogens is 4. The van der Waals surface area contributed by atoms with Crippen molar-refractivity contribution in [1.29, 1.82) is 0 Å². The number of nitrogens with one attached hydrogen (secondary N) is 1. The average Bonchev–Trinajstić information content (AvgIpc) is 3.41. The van der Waals surface area contributed by atoms with E-state index in [1.165, 1.54) is 12.0 Å². The summed E-state index contributed by atoms with van der Waals surface area (Å²) in [5, 5.41) is 3.46. The van der Waals surface area contributed by atoms with Crippen molar-refractivity contribution < 1.29 is 0 Å². The molecule has 1 fully saturated rings. The second-order valence-electron chi connectivity index (χ2n) is 7.43. The molecule has 1 aliphatic heterocycles.